The molecule has 2 N–H and O–H groups in total. The summed E-state index contributed by atoms with van der Waals surface area (Å²) in [7, 11) is 1.85. The van der Waals surface area contributed by atoms with Crippen molar-refractivity contribution in [1.29, 1.82) is 0 Å². The van der Waals surface area contributed by atoms with Crippen molar-refractivity contribution in [3.63, 3.8) is 0 Å². The first-order valence-electron chi connectivity index (χ1n) is 4.24. The van der Waals surface area contributed by atoms with Gasteiger partial charge in [-0.15, -0.1) is 11.8 Å². The third-order valence-electron chi connectivity index (χ3n) is 2.05. The molecule has 0 aliphatic rings. The second-order valence-electron chi connectivity index (χ2n) is 2.80. The Hall–Kier alpha value is -0.510. The summed E-state index contributed by atoms with van der Waals surface area (Å²) in [6.07, 6.45) is 2.05. The average Bonchev–Trinajstić information content (AvgIpc) is 2.21. The van der Waals surface area contributed by atoms with E-state index in [1.807, 2.05) is 19.2 Å². The Kier molecular flexibility index (Phi) is 4.28. The molecule has 1 aromatic carbocycles. The summed E-state index contributed by atoms with van der Waals surface area (Å²) in [5.74, 6) is 0. The minimum Gasteiger partial charge on any atom is -0.394 e. The molecule has 13 heavy (non-hydrogen) atoms. The van der Waals surface area contributed by atoms with Crippen molar-refractivity contribution in [2.45, 2.75) is 10.9 Å². The molecule has 0 aliphatic carbocycles. The Balaban J connectivity index is 2.78. The lowest BCUT2D eigenvalue weighted by Gasteiger charge is -2.13. The van der Waals surface area contributed by atoms with Gasteiger partial charge in [0.15, 0.2) is 0 Å². The molecule has 0 spiro atoms. The molecule has 1 aromatic rings. The third kappa shape index (κ3) is 2.72. The van der Waals surface area contributed by atoms with Crippen LogP contribution in [0.25, 0.3) is 0 Å². The Morgan fingerprint density at radius 2 is 2.00 bits per heavy atom. The van der Waals surface area contributed by atoms with Crippen molar-refractivity contribution in [3.8, 4) is 0 Å². The van der Waals surface area contributed by atoms with E-state index in [0.717, 1.165) is 5.56 Å². The minimum atomic E-state index is 0.0518. The van der Waals surface area contributed by atoms with Crippen molar-refractivity contribution in [2.75, 3.05) is 19.9 Å². The number of likely N-dealkylation sites (N-methyl/N-ethyl adjacent to an activating group) is 1. The molecule has 0 aromatic heterocycles. The summed E-state index contributed by atoms with van der Waals surface area (Å²) < 4.78 is 0. The van der Waals surface area contributed by atoms with Gasteiger partial charge in [-0.1, -0.05) is 12.1 Å². The fraction of sp³-hybridized carbons (Fsp3) is 0.400. The van der Waals surface area contributed by atoms with E-state index in [1.165, 1.54) is 4.90 Å². The maximum Gasteiger partial charge on any atom is 0.0626 e. The molecule has 0 radical (unpaired) electrons. The average molecular weight is 197 g/mol. The quantitative estimate of drug-likeness (QED) is 0.720. The molecule has 1 rings (SSSR count). The topological polar surface area (TPSA) is 32.3 Å². The number of aliphatic hydroxyl groups excluding tert-OH is 1. The van der Waals surface area contributed by atoms with E-state index in [0.29, 0.717) is 0 Å². The molecule has 3 heteroatoms. The van der Waals surface area contributed by atoms with Crippen LogP contribution in [0.2, 0.25) is 0 Å². The van der Waals surface area contributed by atoms with Crippen LogP contribution in [-0.4, -0.2) is 25.0 Å². The molecule has 0 saturated carbocycles. The van der Waals surface area contributed by atoms with E-state index in [1.54, 1.807) is 11.8 Å². The summed E-state index contributed by atoms with van der Waals surface area (Å²) in [6, 6.07) is 8.28. The van der Waals surface area contributed by atoms with E-state index >= 15 is 0 Å². The highest BCUT2D eigenvalue weighted by Crippen LogP contribution is 2.18. The number of aliphatic hydroxyl groups is 1. The highest BCUT2D eigenvalue weighted by atomic mass is 32.2. The smallest absolute Gasteiger partial charge is 0.0626 e. The maximum absolute atomic E-state index is 9.04. The largest absolute Gasteiger partial charge is 0.394 e. The Labute approximate surface area is 83.4 Å². The highest BCUT2D eigenvalue weighted by molar-refractivity contribution is 7.98. The standard InChI is InChI=1S/C10H15NOS/c1-11-10(7-12)8-3-5-9(13-2)6-4-8/h3-6,10-12H,7H2,1-2H3/t10-/m1/s1. The van der Waals surface area contributed by atoms with Gasteiger partial charge in [-0.05, 0) is 31.0 Å². The molecule has 0 fully saturated rings. The van der Waals surface area contributed by atoms with E-state index in [4.69, 9.17) is 5.11 Å². The number of thioether (sulfide) groups is 1. The lowest BCUT2D eigenvalue weighted by Crippen LogP contribution is -2.19. The Morgan fingerprint density at radius 1 is 1.38 bits per heavy atom. The van der Waals surface area contributed by atoms with Crippen molar-refractivity contribution in [3.05, 3.63) is 29.8 Å². The molecule has 0 bridgehead atoms. The normalized spacial score (nSPS) is 12.8. The summed E-state index contributed by atoms with van der Waals surface area (Å²) in [5.41, 5.74) is 1.13. The van der Waals surface area contributed by atoms with Crippen molar-refractivity contribution >= 4 is 11.8 Å². The summed E-state index contributed by atoms with van der Waals surface area (Å²) in [6.45, 7) is 0.134. The van der Waals surface area contributed by atoms with Crippen LogP contribution in [0.1, 0.15) is 11.6 Å². The van der Waals surface area contributed by atoms with Crippen molar-refractivity contribution in [1.82, 2.24) is 5.32 Å². The van der Waals surface area contributed by atoms with Gasteiger partial charge < -0.3 is 10.4 Å². The number of hydrogen-bond acceptors (Lipinski definition) is 3. The van der Waals surface area contributed by atoms with Crippen LogP contribution < -0.4 is 5.32 Å². The fourth-order valence-electron chi connectivity index (χ4n) is 1.20. The predicted octanol–water partition coefficient (Wildman–Crippen LogP) is 1.66. The van der Waals surface area contributed by atoms with Crippen LogP contribution in [0.5, 0.6) is 0 Å². The van der Waals surface area contributed by atoms with Crippen LogP contribution in [0.4, 0.5) is 0 Å². The van der Waals surface area contributed by atoms with Gasteiger partial charge in [-0.2, -0.15) is 0 Å². The number of rotatable bonds is 4. The van der Waals surface area contributed by atoms with Crippen molar-refractivity contribution in [2.24, 2.45) is 0 Å². The molecule has 0 heterocycles. The number of benzene rings is 1. The zero-order chi connectivity index (χ0) is 9.68. The first kappa shape index (κ1) is 10.6. The van der Waals surface area contributed by atoms with Gasteiger partial charge >= 0.3 is 0 Å². The molecule has 0 aliphatic heterocycles. The van der Waals surface area contributed by atoms with E-state index in [-0.39, 0.29) is 12.6 Å². The zero-order valence-electron chi connectivity index (χ0n) is 7.95. The number of hydrogen-bond donors (Lipinski definition) is 2. The van der Waals surface area contributed by atoms with E-state index in [9.17, 15) is 0 Å². The summed E-state index contributed by atoms with van der Waals surface area (Å²) in [4.78, 5) is 1.25. The maximum atomic E-state index is 9.04. The lowest BCUT2D eigenvalue weighted by atomic mass is 10.1. The first-order valence-corrected chi connectivity index (χ1v) is 5.46. The Bertz CT molecular complexity index is 244. The first-order chi connectivity index (χ1) is 6.31. The van der Waals surface area contributed by atoms with E-state index in [2.05, 4.69) is 23.7 Å². The SMILES string of the molecule is CN[C@H](CO)c1ccc(SC)cc1. The molecule has 72 valence electrons. The van der Waals surface area contributed by atoms with Crippen LogP contribution in [-0.2, 0) is 0 Å². The van der Waals surface area contributed by atoms with Crippen LogP contribution >= 0.6 is 11.8 Å². The van der Waals surface area contributed by atoms with Gasteiger partial charge in [-0.3, -0.25) is 0 Å². The molecular formula is C10H15NOS. The fourth-order valence-corrected chi connectivity index (χ4v) is 1.61. The van der Waals surface area contributed by atoms with E-state index < -0.39 is 0 Å². The predicted molar refractivity (Wildman–Crippen MR) is 57.1 cm³/mol. The molecule has 0 amide bonds. The highest BCUT2D eigenvalue weighted by Gasteiger charge is 2.06. The van der Waals surface area contributed by atoms with Crippen LogP contribution in [0, 0.1) is 0 Å². The number of nitrogens with one attached hydrogen (secondary N) is 1. The monoisotopic (exact) mass is 197 g/mol. The second kappa shape index (κ2) is 5.27. The minimum absolute atomic E-state index is 0.0518. The van der Waals surface area contributed by atoms with Crippen molar-refractivity contribution < 1.29 is 5.11 Å². The molecule has 2 nitrogen and oxygen atoms in total. The molecule has 0 unspecified atom stereocenters. The van der Waals surface area contributed by atoms with Crippen LogP contribution in [0.15, 0.2) is 29.2 Å². The Morgan fingerprint density at radius 3 is 2.38 bits per heavy atom. The third-order valence-corrected chi connectivity index (χ3v) is 2.79. The van der Waals surface area contributed by atoms with Gasteiger partial charge in [0.1, 0.15) is 0 Å². The van der Waals surface area contributed by atoms with Gasteiger partial charge in [0.25, 0.3) is 0 Å². The second-order valence-corrected chi connectivity index (χ2v) is 3.68. The molecular weight excluding hydrogens is 182 g/mol. The zero-order valence-corrected chi connectivity index (χ0v) is 8.77. The molecule has 0 saturated heterocycles. The molecule has 1 atom stereocenters. The summed E-state index contributed by atoms with van der Waals surface area (Å²) in [5, 5.41) is 12.1. The van der Waals surface area contributed by atoms with Gasteiger partial charge in [0, 0.05) is 4.90 Å². The van der Waals surface area contributed by atoms with Gasteiger partial charge in [-0.25, -0.2) is 0 Å². The van der Waals surface area contributed by atoms with Crippen LogP contribution in [0.3, 0.4) is 0 Å². The lowest BCUT2D eigenvalue weighted by molar-refractivity contribution is 0.251. The summed E-state index contributed by atoms with van der Waals surface area (Å²) >= 11 is 1.72. The van der Waals surface area contributed by atoms with Gasteiger partial charge in [0.05, 0.1) is 12.6 Å². The van der Waals surface area contributed by atoms with Gasteiger partial charge in [0.2, 0.25) is 0 Å².